The van der Waals surface area contributed by atoms with Crippen LogP contribution in [0.1, 0.15) is 56.1 Å². The van der Waals surface area contributed by atoms with Gasteiger partial charge in [-0.25, -0.2) is 4.98 Å². The highest BCUT2D eigenvalue weighted by molar-refractivity contribution is 7.11. The lowest BCUT2D eigenvalue weighted by Gasteiger charge is -2.21. The zero-order chi connectivity index (χ0) is 15.9. The summed E-state index contributed by atoms with van der Waals surface area (Å²) in [5.41, 5.74) is 3.59. The number of amides is 1. The number of fused-ring (bicyclic) bond motifs is 1. The first-order valence-electron chi connectivity index (χ1n) is 7.72. The Kier molecular flexibility index (Phi) is 4.04. The van der Waals surface area contributed by atoms with Gasteiger partial charge in [-0.2, -0.15) is 5.10 Å². The van der Waals surface area contributed by atoms with Gasteiger partial charge in [0, 0.05) is 30.1 Å². The molecule has 118 valence electrons. The molecule has 0 aliphatic heterocycles. The van der Waals surface area contributed by atoms with Crippen molar-refractivity contribution in [2.24, 2.45) is 7.05 Å². The van der Waals surface area contributed by atoms with Crippen molar-refractivity contribution in [1.29, 1.82) is 0 Å². The van der Waals surface area contributed by atoms with Gasteiger partial charge in [-0.15, -0.1) is 11.3 Å². The lowest BCUT2D eigenvalue weighted by atomic mass is 9.91. The molecular weight excluding hydrogens is 296 g/mol. The maximum Gasteiger partial charge on any atom is 0.255 e. The quantitative estimate of drug-likeness (QED) is 0.946. The number of aryl methyl sites for hydroxylation is 4. The Morgan fingerprint density at radius 3 is 2.86 bits per heavy atom. The number of carbonyl (C=O) groups excluding carboxylic acids is 1. The van der Waals surface area contributed by atoms with Crippen molar-refractivity contribution in [3.8, 4) is 0 Å². The van der Waals surface area contributed by atoms with Crippen molar-refractivity contribution >= 4 is 17.2 Å². The molecule has 2 aromatic heterocycles. The van der Waals surface area contributed by atoms with Crippen molar-refractivity contribution in [3.63, 3.8) is 0 Å². The first-order chi connectivity index (χ1) is 10.5. The summed E-state index contributed by atoms with van der Waals surface area (Å²) in [4.78, 5) is 18.6. The predicted octanol–water partition coefficient (Wildman–Crippen LogP) is 2.65. The van der Waals surface area contributed by atoms with Crippen LogP contribution in [-0.2, 0) is 13.5 Å². The van der Waals surface area contributed by atoms with Crippen LogP contribution in [0.25, 0.3) is 0 Å². The normalized spacial score (nSPS) is 17.4. The summed E-state index contributed by atoms with van der Waals surface area (Å²) in [7, 11) is 1.87. The summed E-state index contributed by atoms with van der Waals surface area (Å²) in [6.45, 7) is 6.52. The minimum atomic E-state index is -0.0258. The first-order valence-corrected chi connectivity index (χ1v) is 8.53. The Morgan fingerprint density at radius 2 is 2.18 bits per heavy atom. The number of hydrogen-bond acceptors (Lipinski definition) is 4. The molecule has 6 heteroatoms. The van der Waals surface area contributed by atoms with Crippen molar-refractivity contribution in [3.05, 3.63) is 32.5 Å². The van der Waals surface area contributed by atoms with E-state index >= 15 is 0 Å². The van der Waals surface area contributed by atoms with Crippen molar-refractivity contribution < 1.29 is 4.79 Å². The van der Waals surface area contributed by atoms with E-state index in [0.717, 1.165) is 29.2 Å². The van der Waals surface area contributed by atoms with E-state index in [1.807, 2.05) is 20.9 Å². The number of nitrogens with zero attached hydrogens (tertiary/aromatic N) is 3. The van der Waals surface area contributed by atoms with Crippen LogP contribution in [0.15, 0.2) is 0 Å². The fraction of sp³-hybridized carbons (Fsp3) is 0.562. The molecular formula is C16H22N4OS. The molecule has 0 saturated carbocycles. The molecule has 0 spiro atoms. The largest absolute Gasteiger partial charge is 0.351 e. The summed E-state index contributed by atoms with van der Waals surface area (Å²) in [6.07, 6.45) is 3.41. The SMILES string of the molecule is Cc1nc2c(s1)CCCC2CNC(=O)c1c(C)nn(C)c1C. The Hall–Kier alpha value is -1.69. The smallest absolute Gasteiger partial charge is 0.255 e. The van der Waals surface area contributed by atoms with Crippen molar-refractivity contribution in [1.82, 2.24) is 20.1 Å². The van der Waals surface area contributed by atoms with Crippen LogP contribution in [0.2, 0.25) is 0 Å². The van der Waals surface area contributed by atoms with Crippen LogP contribution in [-0.4, -0.2) is 27.2 Å². The summed E-state index contributed by atoms with van der Waals surface area (Å²) >= 11 is 1.80. The van der Waals surface area contributed by atoms with Crippen LogP contribution in [0.3, 0.4) is 0 Å². The van der Waals surface area contributed by atoms with Crippen LogP contribution >= 0.6 is 11.3 Å². The second-order valence-electron chi connectivity index (χ2n) is 6.01. The maximum absolute atomic E-state index is 12.5. The molecule has 22 heavy (non-hydrogen) atoms. The molecule has 3 rings (SSSR count). The van der Waals surface area contributed by atoms with Crippen LogP contribution in [0.5, 0.6) is 0 Å². The Balaban J connectivity index is 1.72. The van der Waals surface area contributed by atoms with Gasteiger partial charge in [0.1, 0.15) is 0 Å². The third-order valence-corrected chi connectivity index (χ3v) is 5.47. The Bertz CT molecular complexity index is 716. The monoisotopic (exact) mass is 318 g/mol. The van der Waals surface area contributed by atoms with E-state index in [9.17, 15) is 4.79 Å². The number of aromatic nitrogens is 3. The highest BCUT2D eigenvalue weighted by Gasteiger charge is 2.25. The highest BCUT2D eigenvalue weighted by Crippen LogP contribution is 2.34. The summed E-state index contributed by atoms with van der Waals surface area (Å²) < 4.78 is 1.76. The second kappa shape index (κ2) is 5.83. The van der Waals surface area contributed by atoms with Gasteiger partial charge in [0.2, 0.25) is 0 Å². The molecule has 1 aliphatic rings. The Labute approximate surface area is 134 Å². The van der Waals surface area contributed by atoms with Gasteiger partial charge in [0.15, 0.2) is 0 Å². The molecule has 0 radical (unpaired) electrons. The lowest BCUT2D eigenvalue weighted by Crippen LogP contribution is -2.30. The summed E-state index contributed by atoms with van der Waals surface area (Å²) in [5, 5.41) is 8.52. The van der Waals surface area contributed by atoms with Gasteiger partial charge in [0.25, 0.3) is 5.91 Å². The molecule has 2 aromatic rings. The summed E-state index contributed by atoms with van der Waals surface area (Å²) in [6, 6.07) is 0. The standard InChI is InChI=1S/C16H22N4OS/c1-9-14(10(2)20(4)19-9)16(21)17-8-12-6-5-7-13-15(12)18-11(3)22-13/h12H,5-8H2,1-4H3,(H,17,21). The zero-order valence-corrected chi connectivity index (χ0v) is 14.4. The molecule has 0 saturated heterocycles. The van der Waals surface area contributed by atoms with Crippen molar-refractivity contribution in [2.75, 3.05) is 6.54 Å². The molecule has 5 nitrogen and oxygen atoms in total. The van der Waals surface area contributed by atoms with Gasteiger partial charge in [-0.3, -0.25) is 9.48 Å². The average Bonchev–Trinajstić information content (AvgIpc) is 2.96. The maximum atomic E-state index is 12.5. The molecule has 1 N–H and O–H groups in total. The molecule has 0 aromatic carbocycles. The Morgan fingerprint density at radius 1 is 1.41 bits per heavy atom. The van der Waals surface area contributed by atoms with E-state index in [1.54, 1.807) is 16.0 Å². The number of carbonyl (C=O) groups is 1. The average molecular weight is 318 g/mol. The molecule has 0 fully saturated rings. The molecule has 1 amide bonds. The number of nitrogens with one attached hydrogen (secondary N) is 1. The zero-order valence-electron chi connectivity index (χ0n) is 13.6. The van der Waals surface area contributed by atoms with Crippen molar-refractivity contribution in [2.45, 2.75) is 46.0 Å². The van der Waals surface area contributed by atoms with Gasteiger partial charge >= 0.3 is 0 Å². The molecule has 1 unspecified atom stereocenters. The van der Waals surface area contributed by atoms with E-state index < -0.39 is 0 Å². The number of hydrogen-bond donors (Lipinski definition) is 1. The van der Waals surface area contributed by atoms with E-state index in [1.165, 1.54) is 17.0 Å². The van der Waals surface area contributed by atoms with Gasteiger partial charge in [-0.1, -0.05) is 0 Å². The van der Waals surface area contributed by atoms with Crippen LogP contribution in [0, 0.1) is 20.8 Å². The van der Waals surface area contributed by atoms with Gasteiger partial charge in [0.05, 0.1) is 22.0 Å². The van der Waals surface area contributed by atoms with Crippen LogP contribution < -0.4 is 5.32 Å². The van der Waals surface area contributed by atoms with E-state index in [-0.39, 0.29) is 5.91 Å². The van der Waals surface area contributed by atoms with Crippen LogP contribution in [0.4, 0.5) is 0 Å². The number of thiazole rings is 1. The number of rotatable bonds is 3. The fourth-order valence-corrected chi connectivity index (χ4v) is 4.30. The lowest BCUT2D eigenvalue weighted by molar-refractivity contribution is 0.0949. The molecule has 0 bridgehead atoms. The third-order valence-electron chi connectivity index (χ3n) is 4.42. The molecule has 1 atom stereocenters. The minimum Gasteiger partial charge on any atom is -0.351 e. The van der Waals surface area contributed by atoms with E-state index in [4.69, 9.17) is 0 Å². The molecule has 2 heterocycles. The second-order valence-corrected chi connectivity index (χ2v) is 7.30. The van der Waals surface area contributed by atoms with E-state index in [2.05, 4.69) is 22.3 Å². The highest BCUT2D eigenvalue weighted by atomic mass is 32.1. The summed E-state index contributed by atoms with van der Waals surface area (Å²) in [5.74, 6) is 0.317. The molecule has 1 aliphatic carbocycles. The predicted molar refractivity (Wildman–Crippen MR) is 87.5 cm³/mol. The third kappa shape index (κ3) is 2.67. The van der Waals surface area contributed by atoms with Gasteiger partial charge < -0.3 is 5.32 Å². The topological polar surface area (TPSA) is 59.8 Å². The first kappa shape index (κ1) is 15.2. The van der Waals surface area contributed by atoms with Gasteiger partial charge in [-0.05, 0) is 40.0 Å². The fourth-order valence-electron chi connectivity index (χ4n) is 3.23. The van der Waals surface area contributed by atoms with E-state index in [0.29, 0.717) is 18.0 Å². The minimum absolute atomic E-state index is 0.0258.